The van der Waals surface area contributed by atoms with E-state index < -0.39 is 6.04 Å². The molecule has 1 amide bonds. The van der Waals surface area contributed by atoms with Gasteiger partial charge in [-0.15, -0.1) is 0 Å². The number of hydrogen-bond donors (Lipinski definition) is 1. The second-order valence-electron chi connectivity index (χ2n) is 8.16. The van der Waals surface area contributed by atoms with Crippen LogP contribution in [0.3, 0.4) is 0 Å². The van der Waals surface area contributed by atoms with Crippen LogP contribution in [0.5, 0.6) is 5.75 Å². The van der Waals surface area contributed by atoms with Crippen LogP contribution in [0.1, 0.15) is 22.0 Å². The van der Waals surface area contributed by atoms with E-state index in [0.717, 1.165) is 11.3 Å². The van der Waals surface area contributed by atoms with Gasteiger partial charge in [-0.3, -0.25) is 14.5 Å². The molecule has 0 radical (unpaired) electrons. The third kappa shape index (κ3) is 4.32. The van der Waals surface area contributed by atoms with Gasteiger partial charge in [-0.1, -0.05) is 78.9 Å². The quantitative estimate of drug-likeness (QED) is 0.342. The molecule has 0 aromatic heterocycles. The van der Waals surface area contributed by atoms with Gasteiger partial charge in [0.05, 0.1) is 18.7 Å². The van der Waals surface area contributed by atoms with Gasteiger partial charge < -0.3 is 10.1 Å². The van der Waals surface area contributed by atoms with Gasteiger partial charge in [-0.25, -0.2) is 0 Å². The molecule has 5 rings (SSSR count). The second-order valence-corrected chi connectivity index (χ2v) is 8.16. The SMILES string of the molecule is COc1ccc([C@@H]2C(C(=O)c3ccccc3)=C(Nc3ccccc3)C(=O)N2c2ccccc2)cc1. The molecule has 172 valence electrons. The van der Waals surface area contributed by atoms with Crippen molar-refractivity contribution in [1.29, 1.82) is 0 Å². The first-order chi connectivity index (χ1) is 17.2. The van der Waals surface area contributed by atoms with Crippen LogP contribution in [0.2, 0.25) is 0 Å². The minimum atomic E-state index is -0.616. The van der Waals surface area contributed by atoms with Crippen molar-refractivity contribution in [1.82, 2.24) is 0 Å². The summed E-state index contributed by atoms with van der Waals surface area (Å²) in [5.41, 5.74) is 3.45. The summed E-state index contributed by atoms with van der Waals surface area (Å²) in [7, 11) is 1.61. The molecule has 0 bridgehead atoms. The molecule has 1 aliphatic heterocycles. The molecule has 1 atom stereocenters. The Morgan fingerprint density at radius 2 is 1.34 bits per heavy atom. The minimum absolute atomic E-state index is 0.198. The number of nitrogens with one attached hydrogen (secondary N) is 1. The summed E-state index contributed by atoms with van der Waals surface area (Å²) in [6, 6.07) is 34.8. The Morgan fingerprint density at radius 3 is 1.94 bits per heavy atom. The van der Waals surface area contributed by atoms with E-state index in [9.17, 15) is 9.59 Å². The van der Waals surface area contributed by atoms with Crippen LogP contribution < -0.4 is 15.0 Å². The number of anilines is 2. The lowest BCUT2D eigenvalue weighted by molar-refractivity contribution is -0.114. The molecule has 0 fully saturated rings. The van der Waals surface area contributed by atoms with Crippen molar-refractivity contribution in [2.24, 2.45) is 0 Å². The van der Waals surface area contributed by atoms with Gasteiger partial charge in [-0.2, -0.15) is 0 Å². The summed E-state index contributed by atoms with van der Waals surface area (Å²) in [4.78, 5) is 29.7. The number of hydrogen-bond acceptors (Lipinski definition) is 4. The van der Waals surface area contributed by atoms with Crippen molar-refractivity contribution in [2.75, 3.05) is 17.3 Å². The van der Waals surface area contributed by atoms with Crippen molar-refractivity contribution >= 4 is 23.1 Å². The van der Waals surface area contributed by atoms with E-state index in [2.05, 4.69) is 5.32 Å². The molecular formula is C30H24N2O3. The monoisotopic (exact) mass is 460 g/mol. The Balaban J connectivity index is 1.72. The summed E-state index contributed by atoms with van der Waals surface area (Å²) in [6.07, 6.45) is 0. The first kappa shape index (κ1) is 22.2. The van der Waals surface area contributed by atoms with E-state index in [1.54, 1.807) is 24.1 Å². The number of carbonyl (C=O) groups is 2. The highest BCUT2D eigenvalue weighted by Crippen LogP contribution is 2.43. The number of rotatable bonds is 7. The molecule has 4 aromatic carbocycles. The van der Waals surface area contributed by atoms with Crippen LogP contribution in [0.25, 0.3) is 0 Å². The Morgan fingerprint density at radius 1 is 0.771 bits per heavy atom. The maximum atomic E-state index is 14.0. The predicted octanol–water partition coefficient (Wildman–Crippen LogP) is 6.03. The maximum Gasteiger partial charge on any atom is 0.276 e. The van der Waals surface area contributed by atoms with Gasteiger partial charge in [0.25, 0.3) is 5.91 Å². The molecule has 0 unspecified atom stereocenters. The number of carbonyl (C=O) groups excluding carboxylic acids is 2. The van der Waals surface area contributed by atoms with Gasteiger partial charge in [0.15, 0.2) is 5.78 Å². The summed E-state index contributed by atoms with van der Waals surface area (Å²) in [5, 5.41) is 3.26. The highest BCUT2D eigenvalue weighted by molar-refractivity contribution is 6.23. The summed E-state index contributed by atoms with van der Waals surface area (Å²) >= 11 is 0. The smallest absolute Gasteiger partial charge is 0.276 e. The molecule has 0 aliphatic carbocycles. The van der Waals surface area contributed by atoms with Crippen LogP contribution in [-0.4, -0.2) is 18.8 Å². The second kappa shape index (κ2) is 9.69. The highest BCUT2D eigenvalue weighted by atomic mass is 16.5. The zero-order valence-corrected chi connectivity index (χ0v) is 19.2. The fraction of sp³-hybridized carbons (Fsp3) is 0.0667. The standard InChI is InChI=1S/C30H24N2O3/c1-35-25-19-17-21(18-20-25)28-26(29(33)22-11-5-2-6-12-22)27(31-23-13-7-3-8-14-23)30(34)32(28)24-15-9-4-10-16-24/h2-20,28,31H,1H3/t28-/m1/s1. The highest BCUT2D eigenvalue weighted by Gasteiger charge is 2.44. The summed E-state index contributed by atoms with van der Waals surface area (Å²) < 4.78 is 5.34. The molecule has 1 N–H and O–H groups in total. The molecular weight excluding hydrogens is 436 g/mol. The van der Waals surface area contributed by atoms with E-state index in [1.165, 1.54) is 0 Å². The lowest BCUT2D eigenvalue weighted by atomic mass is 9.92. The Kier molecular flexibility index (Phi) is 6.14. The fourth-order valence-electron chi connectivity index (χ4n) is 4.34. The number of para-hydroxylation sites is 2. The molecule has 5 heteroatoms. The molecule has 0 saturated carbocycles. The summed E-state index contributed by atoms with van der Waals surface area (Å²) in [5.74, 6) is 0.240. The summed E-state index contributed by atoms with van der Waals surface area (Å²) in [6.45, 7) is 0. The average Bonchev–Trinajstić information content (AvgIpc) is 3.21. The number of amides is 1. The molecule has 1 aliphatic rings. The predicted molar refractivity (Wildman–Crippen MR) is 138 cm³/mol. The fourth-order valence-corrected chi connectivity index (χ4v) is 4.34. The lowest BCUT2D eigenvalue weighted by Crippen LogP contribution is -2.31. The first-order valence-electron chi connectivity index (χ1n) is 11.4. The Hall–Kier alpha value is -4.64. The van der Waals surface area contributed by atoms with Crippen LogP contribution in [0.15, 0.2) is 127 Å². The van der Waals surface area contributed by atoms with Crippen molar-refractivity contribution in [2.45, 2.75) is 6.04 Å². The molecule has 0 spiro atoms. The number of methoxy groups -OCH3 is 1. The zero-order chi connectivity index (χ0) is 24.2. The van der Waals surface area contributed by atoms with Crippen LogP contribution >= 0.6 is 0 Å². The topological polar surface area (TPSA) is 58.6 Å². The molecule has 35 heavy (non-hydrogen) atoms. The Bertz CT molecular complexity index is 1370. The number of ketones is 1. The van der Waals surface area contributed by atoms with Crippen LogP contribution in [-0.2, 0) is 4.79 Å². The molecule has 5 nitrogen and oxygen atoms in total. The average molecular weight is 461 g/mol. The number of ether oxygens (including phenoxy) is 1. The van der Waals surface area contributed by atoms with Gasteiger partial charge >= 0.3 is 0 Å². The van der Waals surface area contributed by atoms with E-state index in [4.69, 9.17) is 4.74 Å². The van der Waals surface area contributed by atoms with E-state index in [0.29, 0.717) is 22.6 Å². The minimum Gasteiger partial charge on any atom is -0.497 e. The number of benzene rings is 4. The number of nitrogens with zero attached hydrogens (tertiary/aromatic N) is 1. The van der Waals surface area contributed by atoms with Crippen molar-refractivity contribution in [3.05, 3.63) is 138 Å². The van der Waals surface area contributed by atoms with Crippen molar-refractivity contribution in [3.63, 3.8) is 0 Å². The molecule has 4 aromatic rings. The van der Waals surface area contributed by atoms with Gasteiger partial charge in [0.1, 0.15) is 11.4 Å². The van der Waals surface area contributed by atoms with Crippen LogP contribution in [0, 0.1) is 0 Å². The van der Waals surface area contributed by atoms with E-state index in [1.807, 2.05) is 103 Å². The Labute approximate surface area is 204 Å². The molecule has 0 saturated heterocycles. The third-order valence-electron chi connectivity index (χ3n) is 6.02. The van der Waals surface area contributed by atoms with E-state index >= 15 is 0 Å². The molecule has 1 heterocycles. The largest absolute Gasteiger partial charge is 0.497 e. The normalized spacial score (nSPS) is 15.3. The van der Waals surface area contributed by atoms with Crippen molar-refractivity contribution < 1.29 is 14.3 Å². The first-order valence-corrected chi connectivity index (χ1v) is 11.4. The van der Waals surface area contributed by atoms with Crippen molar-refractivity contribution in [3.8, 4) is 5.75 Å². The van der Waals surface area contributed by atoms with Crippen LogP contribution in [0.4, 0.5) is 11.4 Å². The van der Waals surface area contributed by atoms with E-state index in [-0.39, 0.29) is 17.4 Å². The van der Waals surface area contributed by atoms with Gasteiger partial charge in [0, 0.05) is 16.9 Å². The third-order valence-corrected chi connectivity index (χ3v) is 6.02. The lowest BCUT2D eigenvalue weighted by Gasteiger charge is -2.27. The zero-order valence-electron chi connectivity index (χ0n) is 19.2. The van der Waals surface area contributed by atoms with Gasteiger partial charge in [0.2, 0.25) is 0 Å². The van der Waals surface area contributed by atoms with Gasteiger partial charge in [-0.05, 0) is 42.0 Å². The maximum absolute atomic E-state index is 14.0. The number of Topliss-reactive ketones (excluding diaryl/α,β-unsaturated/α-hetero) is 1.